The number of carbonyl (C=O) groups is 1. The number of carbonyl (C=O) groups excluding carboxylic acids is 1. The molecule has 0 unspecified atom stereocenters. The van der Waals surface area contributed by atoms with Gasteiger partial charge in [-0.05, 0) is 43.7 Å². The fourth-order valence-electron chi connectivity index (χ4n) is 2.55. The molecule has 20 heavy (non-hydrogen) atoms. The summed E-state index contributed by atoms with van der Waals surface area (Å²) in [6, 6.07) is 4.96. The summed E-state index contributed by atoms with van der Waals surface area (Å²) in [5.74, 6) is 0.353. The quantitative estimate of drug-likeness (QED) is 0.751. The summed E-state index contributed by atoms with van der Waals surface area (Å²) in [5.41, 5.74) is 5.62. The maximum Gasteiger partial charge on any atom is 0.253 e. The molecule has 1 aromatic rings. The molecule has 0 atom stereocenters. The third-order valence-corrected chi connectivity index (χ3v) is 4.41. The highest BCUT2D eigenvalue weighted by atomic mass is 35.5. The number of para-hydroxylation sites is 1. The van der Waals surface area contributed by atoms with Crippen LogP contribution in [0.2, 0.25) is 5.02 Å². The van der Waals surface area contributed by atoms with Gasteiger partial charge in [0, 0.05) is 6.54 Å². The molecule has 0 spiro atoms. The number of halogens is 1. The highest BCUT2D eigenvalue weighted by Gasteiger charge is 2.32. The first-order valence-electron chi connectivity index (χ1n) is 6.96. The minimum Gasteiger partial charge on any atom is -0.397 e. The average Bonchev–Trinajstić information content (AvgIpc) is 2.43. The van der Waals surface area contributed by atoms with Gasteiger partial charge in [0.25, 0.3) is 5.91 Å². The smallest absolute Gasteiger partial charge is 0.253 e. The molecule has 0 aliphatic heterocycles. The number of amides is 1. The monoisotopic (exact) mass is 296 g/mol. The molecule has 4 N–H and O–H groups in total. The molecule has 4 nitrogen and oxygen atoms in total. The molecule has 1 fully saturated rings. The Morgan fingerprint density at radius 3 is 2.80 bits per heavy atom. The fourth-order valence-corrected chi connectivity index (χ4v) is 2.73. The predicted octanol–water partition coefficient (Wildman–Crippen LogP) is 2.59. The van der Waals surface area contributed by atoms with Crippen LogP contribution >= 0.6 is 11.6 Å². The van der Waals surface area contributed by atoms with Crippen molar-refractivity contribution in [3.8, 4) is 0 Å². The first kappa shape index (κ1) is 15.1. The van der Waals surface area contributed by atoms with Crippen molar-refractivity contribution in [2.75, 3.05) is 12.3 Å². The zero-order valence-corrected chi connectivity index (χ0v) is 12.4. The maximum absolute atomic E-state index is 12.1. The first-order valence-corrected chi connectivity index (χ1v) is 7.34. The van der Waals surface area contributed by atoms with Crippen molar-refractivity contribution >= 4 is 23.2 Å². The molecular weight excluding hydrogens is 276 g/mol. The van der Waals surface area contributed by atoms with Crippen molar-refractivity contribution in [3.05, 3.63) is 28.8 Å². The standard InChI is InChI=1S/C15H21ClN2O2/c1-10-5-7-15(20,8-6-10)9-18-14(19)11-3-2-4-12(16)13(11)17/h2-4,10,20H,5-9,17H2,1H3,(H,18,19). The second kappa shape index (κ2) is 6.02. The van der Waals surface area contributed by atoms with Gasteiger partial charge in [0.05, 0.1) is 21.9 Å². The van der Waals surface area contributed by atoms with E-state index in [2.05, 4.69) is 12.2 Å². The zero-order chi connectivity index (χ0) is 14.8. The predicted molar refractivity (Wildman–Crippen MR) is 80.8 cm³/mol. The third kappa shape index (κ3) is 3.44. The van der Waals surface area contributed by atoms with E-state index in [9.17, 15) is 9.90 Å². The van der Waals surface area contributed by atoms with E-state index in [1.807, 2.05) is 0 Å². The van der Waals surface area contributed by atoms with Crippen molar-refractivity contribution in [1.29, 1.82) is 0 Å². The van der Waals surface area contributed by atoms with Crippen molar-refractivity contribution in [3.63, 3.8) is 0 Å². The summed E-state index contributed by atoms with van der Waals surface area (Å²) in [6.07, 6.45) is 3.43. The van der Waals surface area contributed by atoms with Gasteiger partial charge in [-0.25, -0.2) is 0 Å². The maximum atomic E-state index is 12.1. The molecule has 0 heterocycles. The molecule has 5 heteroatoms. The number of benzene rings is 1. The average molecular weight is 297 g/mol. The molecule has 0 bridgehead atoms. The van der Waals surface area contributed by atoms with E-state index in [1.165, 1.54) is 0 Å². The van der Waals surface area contributed by atoms with Crippen LogP contribution in [-0.2, 0) is 0 Å². The van der Waals surface area contributed by atoms with Crippen LogP contribution in [0.5, 0.6) is 0 Å². The number of anilines is 1. The number of hydrogen-bond acceptors (Lipinski definition) is 3. The fraction of sp³-hybridized carbons (Fsp3) is 0.533. The van der Waals surface area contributed by atoms with E-state index in [1.54, 1.807) is 18.2 Å². The summed E-state index contributed by atoms with van der Waals surface area (Å²) in [4.78, 5) is 12.1. The van der Waals surface area contributed by atoms with E-state index in [-0.39, 0.29) is 18.1 Å². The van der Waals surface area contributed by atoms with Crippen molar-refractivity contribution in [2.45, 2.75) is 38.2 Å². The van der Waals surface area contributed by atoms with Crippen LogP contribution in [0.25, 0.3) is 0 Å². The summed E-state index contributed by atoms with van der Waals surface area (Å²) in [5, 5.41) is 13.6. The second-order valence-corrected chi connectivity index (χ2v) is 6.20. The molecule has 0 aromatic heterocycles. The van der Waals surface area contributed by atoms with E-state index in [0.717, 1.165) is 25.7 Å². The number of nitrogen functional groups attached to an aromatic ring is 1. The Morgan fingerprint density at radius 2 is 2.15 bits per heavy atom. The number of hydrogen-bond donors (Lipinski definition) is 3. The molecule has 1 aromatic carbocycles. The molecule has 1 saturated carbocycles. The van der Waals surface area contributed by atoms with Crippen LogP contribution in [0.1, 0.15) is 43.0 Å². The van der Waals surface area contributed by atoms with Crippen molar-refractivity contribution < 1.29 is 9.90 Å². The van der Waals surface area contributed by atoms with Gasteiger partial charge in [0.1, 0.15) is 0 Å². The lowest BCUT2D eigenvalue weighted by molar-refractivity contribution is -0.00539. The Bertz CT molecular complexity index is 497. The van der Waals surface area contributed by atoms with Gasteiger partial charge in [-0.1, -0.05) is 24.6 Å². The van der Waals surface area contributed by atoms with Gasteiger partial charge in [0.2, 0.25) is 0 Å². The number of aliphatic hydroxyl groups is 1. The van der Waals surface area contributed by atoms with Gasteiger partial charge in [-0.15, -0.1) is 0 Å². The Kier molecular flexibility index (Phi) is 4.55. The normalized spacial score (nSPS) is 26.2. The minimum atomic E-state index is -0.796. The first-order chi connectivity index (χ1) is 9.41. The Labute approximate surface area is 124 Å². The summed E-state index contributed by atoms with van der Waals surface area (Å²) >= 11 is 5.90. The van der Waals surface area contributed by atoms with Crippen LogP contribution in [0.4, 0.5) is 5.69 Å². The summed E-state index contributed by atoms with van der Waals surface area (Å²) < 4.78 is 0. The summed E-state index contributed by atoms with van der Waals surface area (Å²) in [7, 11) is 0. The molecule has 110 valence electrons. The molecule has 1 aliphatic rings. The number of nitrogens with two attached hydrogens (primary N) is 1. The molecule has 0 radical (unpaired) electrons. The lowest BCUT2D eigenvalue weighted by Crippen LogP contribution is -2.45. The lowest BCUT2D eigenvalue weighted by atomic mass is 9.79. The van der Waals surface area contributed by atoms with Crippen LogP contribution in [-0.4, -0.2) is 23.2 Å². The Balaban J connectivity index is 1.97. The van der Waals surface area contributed by atoms with E-state index < -0.39 is 5.60 Å². The Hall–Kier alpha value is -1.26. The molecule has 1 amide bonds. The second-order valence-electron chi connectivity index (χ2n) is 5.79. The van der Waals surface area contributed by atoms with Gasteiger partial charge in [0.15, 0.2) is 0 Å². The summed E-state index contributed by atoms with van der Waals surface area (Å²) in [6.45, 7) is 2.44. The largest absolute Gasteiger partial charge is 0.397 e. The molecule has 0 saturated heterocycles. The van der Waals surface area contributed by atoms with Gasteiger partial charge < -0.3 is 16.2 Å². The highest BCUT2D eigenvalue weighted by molar-refractivity contribution is 6.33. The van der Waals surface area contributed by atoms with Gasteiger partial charge >= 0.3 is 0 Å². The topological polar surface area (TPSA) is 75.3 Å². The van der Waals surface area contributed by atoms with E-state index in [4.69, 9.17) is 17.3 Å². The molecular formula is C15H21ClN2O2. The highest BCUT2D eigenvalue weighted by Crippen LogP contribution is 2.31. The van der Waals surface area contributed by atoms with Crippen LogP contribution in [0, 0.1) is 5.92 Å². The van der Waals surface area contributed by atoms with Crippen LogP contribution in [0.15, 0.2) is 18.2 Å². The number of nitrogens with one attached hydrogen (secondary N) is 1. The van der Waals surface area contributed by atoms with Gasteiger partial charge in [-0.2, -0.15) is 0 Å². The SMILES string of the molecule is CC1CCC(O)(CNC(=O)c2cccc(Cl)c2N)CC1. The van der Waals surface area contributed by atoms with Crippen molar-refractivity contribution in [2.24, 2.45) is 5.92 Å². The van der Waals surface area contributed by atoms with E-state index in [0.29, 0.717) is 16.5 Å². The van der Waals surface area contributed by atoms with Gasteiger partial charge in [-0.3, -0.25) is 4.79 Å². The van der Waals surface area contributed by atoms with Crippen LogP contribution in [0.3, 0.4) is 0 Å². The van der Waals surface area contributed by atoms with Crippen molar-refractivity contribution in [1.82, 2.24) is 5.32 Å². The number of rotatable bonds is 3. The molecule has 1 aliphatic carbocycles. The zero-order valence-electron chi connectivity index (χ0n) is 11.7. The lowest BCUT2D eigenvalue weighted by Gasteiger charge is -2.35. The molecule has 2 rings (SSSR count). The third-order valence-electron chi connectivity index (χ3n) is 4.08. The minimum absolute atomic E-state index is 0.254. The van der Waals surface area contributed by atoms with Crippen LogP contribution < -0.4 is 11.1 Å². The van der Waals surface area contributed by atoms with E-state index >= 15 is 0 Å². The Morgan fingerprint density at radius 1 is 1.50 bits per heavy atom.